The Bertz CT molecular complexity index is 4560. The first-order valence-electron chi connectivity index (χ1n) is 29.2. The van der Waals surface area contributed by atoms with E-state index < -0.39 is 10.8 Å². The lowest BCUT2D eigenvalue weighted by Crippen LogP contribution is -2.61. The standard InChI is InChI=1S/C80H49BN2/c1-3-22-50(23-4-1)52-44-46-70-68(48-52)81-69-49-53(51-24-5-2-6-25-51)45-47-71(69)83(73-41-20-39-67-77(73)59-31-12-18-37-65(59)80(67)62-34-15-9-28-56(62)57-29-10-16-35-63(57)80)75-43-21-42-74(78(75)81)82(70)72-40-19-38-66-76(72)58-30-11-17-36-64(58)79(66)60-32-13-7-26-54(60)55-27-8-14-33-61(55)79/h1-49H. The van der Waals surface area contributed by atoms with Crippen molar-refractivity contribution in [2.45, 2.75) is 10.8 Å². The van der Waals surface area contributed by atoms with Crippen molar-refractivity contribution >= 4 is 57.2 Å². The summed E-state index contributed by atoms with van der Waals surface area (Å²) in [5, 5.41) is 0. The van der Waals surface area contributed by atoms with Crippen molar-refractivity contribution in [2.75, 3.05) is 9.80 Å². The lowest BCUT2D eigenvalue weighted by molar-refractivity contribution is 0.793. The monoisotopic (exact) mass is 1050 g/mol. The first-order valence-corrected chi connectivity index (χ1v) is 29.2. The quantitative estimate of drug-likeness (QED) is 0.162. The van der Waals surface area contributed by atoms with Crippen molar-refractivity contribution < 1.29 is 0 Å². The molecule has 0 bridgehead atoms. The largest absolute Gasteiger partial charge is 0.311 e. The number of nitrogens with zero attached hydrogens (tertiary/aromatic N) is 2. The molecule has 2 spiro atoms. The summed E-state index contributed by atoms with van der Waals surface area (Å²) in [6.07, 6.45) is 0. The SMILES string of the molecule is c1ccc(-c2ccc3c(c2)B2c4cc(-c5ccccc5)ccc4N(c4cccc5c4-c4ccccc4C54c5ccccc5-c5ccccc54)c4cccc(c42)N3c2cccc3c2-c2ccccc2C32c3ccccc3-c3ccccc32)cc1. The molecule has 382 valence electrons. The van der Waals surface area contributed by atoms with E-state index in [9.17, 15) is 0 Å². The first-order chi connectivity index (χ1) is 41.2. The molecule has 0 saturated carbocycles. The fraction of sp³-hybridized carbons (Fsp3) is 0.0250. The van der Waals surface area contributed by atoms with Crippen LogP contribution in [0.3, 0.4) is 0 Å². The van der Waals surface area contributed by atoms with Crippen LogP contribution in [0.4, 0.5) is 34.1 Å². The van der Waals surface area contributed by atoms with Crippen LogP contribution in [0.25, 0.3) is 66.8 Å². The van der Waals surface area contributed by atoms with Crippen molar-refractivity contribution in [3.63, 3.8) is 0 Å². The molecule has 0 amide bonds. The molecule has 19 rings (SSSR count). The van der Waals surface area contributed by atoms with E-state index in [1.807, 2.05) is 0 Å². The van der Waals surface area contributed by atoms with Crippen LogP contribution in [0.5, 0.6) is 0 Å². The number of anilines is 6. The molecule has 0 radical (unpaired) electrons. The highest BCUT2D eigenvalue weighted by atomic mass is 15.2. The minimum atomic E-state index is -0.491. The van der Waals surface area contributed by atoms with Crippen LogP contribution in [0.15, 0.2) is 297 Å². The molecule has 0 unspecified atom stereocenters. The molecule has 2 aliphatic heterocycles. The molecule has 13 aromatic rings. The van der Waals surface area contributed by atoms with Gasteiger partial charge in [-0.3, -0.25) is 0 Å². The van der Waals surface area contributed by atoms with Gasteiger partial charge in [-0.05, 0) is 153 Å². The van der Waals surface area contributed by atoms with Gasteiger partial charge in [-0.2, -0.15) is 0 Å². The van der Waals surface area contributed by atoms with Gasteiger partial charge in [-0.15, -0.1) is 0 Å². The fourth-order valence-electron chi connectivity index (χ4n) is 16.7. The van der Waals surface area contributed by atoms with Gasteiger partial charge in [-0.1, -0.05) is 261 Å². The van der Waals surface area contributed by atoms with E-state index in [0.29, 0.717) is 0 Å². The molecule has 0 saturated heterocycles. The van der Waals surface area contributed by atoms with Crippen molar-refractivity contribution in [3.8, 4) is 66.8 Å². The van der Waals surface area contributed by atoms with Gasteiger partial charge in [0.25, 0.3) is 6.71 Å². The fourth-order valence-corrected chi connectivity index (χ4v) is 16.7. The summed E-state index contributed by atoms with van der Waals surface area (Å²) in [7, 11) is 0. The molecule has 4 aliphatic carbocycles. The maximum Gasteiger partial charge on any atom is 0.252 e. The molecule has 0 aromatic heterocycles. The van der Waals surface area contributed by atoms with E-state index in [-0.39, 0.29) is 6.71 Å². The molecular weight excluding hydrogens is 1000 g/mol. The summed E-state index contributed by atoms with van der Waals surface area (Å²) >= 11 is 0. The smallest absolute Gasteiger partial charge is 0.252 e. The predicted octanol–water partition coefficient (Wildman–Crippen LogP) is 17.8. The number of rotatable bonds is 4. The molecule has 83 heavy (non-hydrogen) atoms. The first kappa shape index (κ1) is 45.3. The van der Waals surface area contributed by atoms with E-state index in [4.69, 9.17) is 0 Å². The van der Waals surface area contributed by atoms with Crippen LogP contribution in [0.2, 0.25) is 0 Å². The van der Waals surface area contributed by atoms with Crippen LogP contribution in [-0.4, -0.2) is 6.71 Å². The van der Waals surface area contributed by atoms with Gasteiger partial charge >= 0.3 is 0 Å². The van der Waals surface area contributed by atoms with Crippen molar-refractivity contribution in [2.24, 2.45) is 0 Å². The summed E-state index contributed by atoms with van der Waals surface area (Å²) in [6.45, 7) is -0.112. The van der Waals surface area contributed by atoms with E-state index in [0.717, 1.165) is 0 Å². The second-order valence-electron chi connectivity index (χ2n) is 23.3. The lowest BCUT2D eigenvalue weighted by Gasteiger charge is -2.45. The molecule has 13 aromatic carbocycles. The van der Waals surface area contributed by atoms with Gasteiger partial charge in [0.05, 0.1) is 22.2 Å². The molecule has 6 aliphatic rings. The molecule has 0 fully saturated rings. The number of hydrogen-bond donors (Lipinski definition) is 0. The van der Waals surface area contributed by atoms with Crippen LogP contribution >= 0.6 is 0 Å². The average molecular weight is 1050 g/mol. The van der Waals surface area contributed by atoms with E-state index in [1.165, 1.54) is 162 Å². The van der Waals surface area contributed by atoms with Crippen LogP contribution in [0, 0.1) is 0 Å². The Kier molecular flexibility index (Phi) is 9.04. The van der Waals surface area contributed by atoms with Gasteiger partial charge in [0, 0.05) is 33.9 Å². The molecular formula is C80H49BN2. The second-order valence-corrected chi connectivity index (χ2v) is 23.3. The summed E-state index contributed by atoms with van der Waals surface area (Å²) in [5.41, 5.74) is 35.9. The van der Waals surface area contributed by atoms with Crippen LogP contribution < -0.4 is 26.2 Å². The highest BCUT2D eigenvalue weighted by Crippen LogP contribution is 2.67. The molecule has 0 atom stereocenters. The lowest BCUT2D eigenvalue weighted by atomic mass is 9.33. The van der Waals surface area contributed by atoms with E-state index in [1.54, 1.807) is 0 Å². The van der Waals surface area contributed by atoms with Gasteiger partial charge in [-0.25, -0.2) is 0 Å². The summed E-state index contributed by atoms with van der Waals surface area (Å²) < 4.78 is 0. The Morgan fingerprint density at radius 3 is 0.904 bits per heavy atom. The average Bonchev–Trinajstić information content (AvgIpc) is 1.88. The Morgan fingerprint density at radius 2 is 0.518 bits per heavy atom. The van der Waals surface area contributed by atoms with Crippen molar-refractivity contribution in [1.29, 1.82) is 0 Å². The van der Waals surface area contributed by atoms with Gasteiger partial charge < -0.3 is 9.80 Å². The van der Waals surface area contributed by atoms with Gasteiger partial charge in [0.2, 0.25) is 0 Å². The van der Waals surface area contributed by atoms with Gasteiger partial charge in [0.15, 0.2) is 0 Å². The molecule has 2 heterocycles. The van der Waals surface area contributed by atoms with E-state index in [2.05, 4.69) is 307 Å². The van der Waals surface area contributed by atoms with E-state index >= 15 is 0 Å². The minimum absolute atomic E-state index is 0.112. The number of fused-ring (bicyclic) bond motifs is 24. The Hall–Kier alpha value is -10.5. The maximum atomic E-state index is 2.65. The predicted molar refractivity (Wildman–Crippen MR) is 344 cm³/mol. The van der Waals surface area contributed by atoms with Gasteiger partial charge in [0.1, 0.15) is 0 Å². The summed E-state index contributed by atoms with van der Waals surface area (Å²) in [4.78, 5) is 5.30. The Balaban J connectivity index is 0.914. The Labute approximate surface area is 483 Å². The highest BCUT2D eigenvalue weighted by Gasteiger charge is 2.55. The number of hydrogen-bond acceptors (Lipinski definition) is 2. The maximum absolute atomic E-state index is 2.65. The third kappa shape index (κ3) is 5.64. The van der Waals surface area contributed by atoms with Crippen LogP contribution in [0.1, 0.15) is 44.5 Å². The topological polar surface area (TPSA) is 6.48 Å². The van der Waals surface area contributed by atoms with Crippen molar-refractivity contribution in [1.82, 2.24) is 0 Å². The highest BCUT2D eigenvalue weighted by molar-refractivity contribution is 7.00. The Morgan fingerprint density at radius 1 is 0.217 bits per heavy atom. The second kappa shape index (κ2) is 16.6. The normalized spacial score (nSPS) is 14.6. The molecule has 0 N–H and O–H groups in total. The van der Waals surface area contributed by atoms with Crippen LogP contribution in [-0.2, 0) is 10.8 Å². The third-order valence-corrected chi connectivity index (χ3v) is 19.7. The molecule has 3 heteroatoms. The number of benzene rings is 13. The molecule has 2 nitrogen and oxygen atoms in total. The zero-order valence-electron chi connectivity index (χ0n) is 45.3. The minimum Gasteiger partial charge on any atom is -0.311 e. The zero-order valence-corrected chi connectivity index (χ0v) is 45.3. The summed E-state index contributed by atoms with van der Waals surface area (Å²) in [5.74, 6) is 0. The summed E-state index contributed by atoms with van der Waals surface area (Å²) in [6, 6.07) is 113. The third-order valence-electron chi connectivity index (χ3n) is 19.7. The van der Waals surface area contributed by atoms with Crippen molar-refractivity contribution in [3.05, 3.63) is 342 Å². The zero-order chi connectivity index (χ0) is 54.1.